The Morgan fingerprint density at radius 1 is 1.05 bits per heavy atom. The van der Waals surface area contributed by atoms with E-state index in [-0.39, 0.29) is 11.8 Å². The number of benzene rings is 1. The highest BCUT2D eigenvalue weighted by Gasteiger charge is 2.35. The lowest BCUT2D eigenvalue weighted by atomic mass is 10.0. The summed E-state index contributed by atoms with van der Waals surface area (Å²) in [4.78, 5) is 24.9. The number of amides is 2. The monoisotopic (exact) mass is 317 g/mol. The third-order valence-corrected chi connectivity index (χ3v) is 3.36. The Morgan fingerprint density at radius 2 is 1.59 bits per heavy atom. The quantitative estimate of drug-likeness (QED) is 0.852. The molecule has 1 aliphatic carbocycles. The first-order chi connectivity index (χ1) is 10.3. The number of hydrogen-bond donors (Lipinski definition) is 1. The van der Waals surface area contributed by atoms with Gasteiger partial charge in [-0.3, -0.25) is 15.0 Å². The number of carbonyl (C=O) groups excluding carboxylic acids is 2. The molecule has 0 bridgehead atoms. The number of hydrazine groups is 1. The van der Waals surface area contributed by atoms with E-state index in [0.29, 0.717) is 16.5 Å². The molecule has 4 nitrogen and oxygen atoms in total. The minimum Gasteiger partial charge on any atom is -0.272 e. The molecular weight excluding hydrogens is 300 g/mol. The summed E-state index contributed by atoms with van der Waals surface area (Å²) < 4.78 is 0. The van der Waals surface area contributed by atoms with E-state index in [9.17, 15) is 9.59 Å². The second kappa shape index (κ2) is 6.69. The molecule has 22 heavy (non-hydrogen) atoms. The normalized spacial score (nSPS) is 15.6. The van der Waals surface area contributed by atoms with Crippen molar-refractivity contribution in [2.75, 3.05) is 0 Å². The van der Waals surface area contributed by atoms with Crippen LogP contribution < -0.4 is 5.43 Å². The number of nitrogens with zero attached hydrogens (tertiary/aromatic N) is 1. The molecule has 2 rings (SSSR count). The number of halogens is 1. The second-order valence-corrected chi connectivity index (χ2v) is 6.37. The van der Waals surface area contributed by atoms with Crippen LogP contribution in [-0.4, -0.2) is 22.4 Å². The van der Waals surface area contributed by atoms with Gasteiger partial charge in [-0.25, -0.2) is 5.01 Å². The maximum Gasteiger partial charge on any atom is 0.269 e. The van der Waals surface area contributed by atoms with Gasteiger partial charge in [-0.2, -0.15) is 0 Å². The zero-order valence-corrected chi connectivity index (χ0v) is 13.5. The Labute approximate surface area is 136 Å². The minimum atomic E-state index is -0.559. The van der Waals surface area contributed by atoms with E-state index in [1.165, 1.54) is 5.01 Å². The summed E-state index contributed by atoms with van der Waals surface area (Å²) in [6.07, 6.45) is 7.01. The van der Waals surface area contributed by atoms with Crippen LogP contribution in [0.25, 0.3) is 0 Å². The molecule has 0 aliphatic heterocycles. The lowest BCUT2D eigenvalue weighted by molar-refractivity contribution is -0.136. The van der Waals surface area contributed by atoms with Crippen molar-refractivity contribution in [2.24, 2.45) is 0 Å². The van der Waals surface area contributed by atoms with E-state index in [4.69, 9.17) is 11.6 Å². The third-order valence-electron chi connectivity index (χ3n) is 3.10. The maximum absolute atomic E-state index is 12.6. The molecule has 1 saturated carbocycles. The van der Waals surface area contributed by atoms with Crippen molar-refractivity contribution in [1.29, 1.82) is 0 Å². The highest BCUT2D eigenvalue weighted by Crippen LogP contribution is 2.27. The molecule has 0 heterocycles. The van der Waals surface area contributed by atoms with Crippen LogP contribution in [-0.2, 0) is 4.79 Å². The zero-order valence-electron chi connectivity index (χ0n) is 12.8. The van der Waals surface area contributed by atoms with Crippen molar-refractivity contribution in [2.45, 2.75) is 26.3 Å². The van der Waals surface area contributed by atoms with Gasteiger partial charge in [0.1, 0.15) is 0 Å². The summed E-state index contributed by atoms with van der Waals surface area (Å²) >= 11 is 5.82. The van der Waals surface area contributed by atoms with Crippen molar-refractivity contribution in [3.05, 3.63) is 66.5 Å². The Balaban J connectivity index is 2.14. The average Bonchev–Trinajstić information content (AvgIpc) is 2.97. The molecule has 1 aliphatic rings. The van der Waals surface area contributed by atoms with Crippen molar-refractivity contribution in [3.63, 3.8) is 0 Å². The molecule has 5 heteroatoms. The highest BCUT2D eigenvalue weighted by molar-refractivity contribution is 6.30. The SMILES string of the molecule is CC(C)(C)N(NC(=O)c1ccc(Cl)cc1)C(=O)[C]1[CH][CH][CH][CH]1. The molecular formula is C17H18ClN2O2. The lowest BCUT2D eigenvalue weighted by Crippen LogP contribution is -2.57. The molecule has 0 atom stereocenters. The van der Waals surface area contributed by atoms with Gasteiger partial charge in [-0.1, -0.05) is 11.6 Å². The molecule has 1 N–H and O–H groups in total. The molecule has 0 saturated heterocycles. The highest BCUT2D eigenvalue weighted by atomic mass is 35.5. The van der Waals surface area contributed by atoms with E-state index >= 15 is 0 Å². The van der Waals surface area contributed by atoms with Crippen molar-refractivity contribution >= 4 is 23.4 Å². The summed E-state index contributed by atoms with van der Waals surface area (Å²) in [5.41, 5.74) is 2.56. The molecule has 2 amide bonds. The predicted molar refractivity (Wildman–Crippen MR) is 86.0 cm³/mol. The standard InChI is InChI=1S/C17H18ClN2O2/c1-17(2,3)20(16(22)13-6-4-5-7-13)19-15(21)12-8-10-14(18)11-9-12/h4-11H,1-3H3,(H,19,21). The van der Waals surface area contributed by atoms with Crippen LogP contribution >= 0.6 is 11.6 Å². The third kappa shape index (κ3) is 4.01. The molecule has 1 aromatic carbocycles. The van der Waals surface area contributed by atoms with Gasteiger partial charge in [0.2, 0.25) is 5.91 Å². The first-order valence-electron chi connectivity index (χ1n) is 6.92. The summed E-state index contributed by atoms with van der Waals surface area (Å²) in [5, 5.41) is 1.90. The summed E-state index contributed by atoms with van der Waals surface area (Å²) in [6.45, 7) is 5.57. The Kier molecular flexibility index (Phi) is 5.12. The van der Waals surface area contributed by atoms with Crippen LogP contribution in [0.15, 0.2) is 24.3 Å². The molecule has 5 radical (unpaired) electrons. The second-order valence-electron chi connectivity index (χ2n) is 5.93. The topological polar surface area (TPSA) is 49.4 Å². The molecule has 1 aromatic rings. The summed E-state index contributed by atoms with van der Waals surface area (Å²) in [5.74, 6) is -0.0716. The van der Waals surface area contributed by atoms with Gasteiger partial charge in [-0.05, 0) is 70.7 Å². The van der Waals surface area contributed by atoms with Gasteiger partial charge in [0.25, 0.3) is 5.91 Å². The summed E-state index contributed by atoms with van der Waals surface area (Å²) in [6, 6.07) is 6.50. The van der Waals surface area contributed by atoms with Crippen LogP contribution in [0.4, 0.5) is 0 Å². The predicted octanol–water partition coefficient (Wildman–Crippen LogP) is 3.02. The van der Waals surface area contributed by atoms with Crippen LogP contribution in [0, 0.1) is 31.6 Å². The van der Waals surface area contributed by atoms with Crippen molar-refractivity contribution in [3.8, 4) is 0 Å². The fourth-order valence-electron chi connectivity index (χ4n) is 1.94. The average molecular weight is 318 g/mol. The van der Waals surface area contributed by atoms with Crippen LogP contribution in [0.1, 0.15) is 31.1 Å². The van der Waals surface area contributed by atoms with Gasteiger partial charge < -0.3 is 0 Å². The van der Waals surface area contributed by atoms with E-state index in [1.54, 1.807) is 49.9 Å². The Morgan fingerprint density at radius 3 is 2.09 bits per heavy atom. The lowest BCUT2D eigenvalue weighted by Gasteiger charge is -2.36. The number of hydrogen-bond acceptors (Lipinski definition) is 2. The Hall–Kier alpha value is -1.55. The molecule has 0 unspecified atom stereocenters. The zero-order chi connectivity index (χ0) is 16.3. The van der Waals surface area contributed by atoms with Crippen LogP contribution in [0.2, 0.25) is 5.02 Å². The molecule has 0 spiro atoms. The number of nitrogens with one attached hydrogen (secondary N) is 1. The van der Waals surface area contributed by atoms with E-state index in [0.717, 1.165) is 0 Å². The molecule has 0 aromatic heterocycles. The fraction of sp³-hybridized carbons (Fsp3) is 0.235. The van der Waals surface area contributed by atoms with E-state index in [1.807, 2.05) is 20.8 Å². The van der Waals surface area contributed by atoms with Crippen molar-refractivity contribution < 1.29 is 9.59 Å². The van der Waals surface area contributed by atoms with Gasteiger partial charge in [0.15, 0.2) is 0 Å². The van der Waals surface area contributed by atoms with E-state index < -0.39 is 5.54 Å². The van der Waals surface area contributed by atoms with Gasteiger partial charge in [0.05, 0.1) is 11.5 Å². The van der Waals surface area contributed by atoms with Gasteiger partial charge in [-0.15, -0.1) is 0 Å². The largest absolute Gasteiger partial charge is 0.272 e. The minimum absolute atomic E-state index is 0.250. The number of carbonyl (C=O) groups is 2. The van der Waals surface area contributed by atoms with Crippen LogP contribution in [0.3, 0.4) is 0 Å². The molecule has 115 valence electrons. The Bertz CT molecular complexity index is 543. The fourth-order valence-corrected chi connectivity index (χ4v) is 2.06. The first kappa shape index (κ1) is 16.8. The van der Waals surface area contributed by atoms with Gasteiger partial charge in [0, 0.05) is 10.6 Å². The van der Waals surface area contributed by atoms with E-state index in [2.05, 4.69) is 5.43 Å². The smallest absolute Gasteiger partial charge is 0.269 e. The van der Waals surface area contributed by atoms with Crippen molar-refractivity contribution in [1.82, 2.24) is 10.4 Å². The van der Waals surface area contributed by atoms with Crippen LogP contribution in [0.5, 0.6) is 0 Å². The van der Waals surface area contributed by atoms with Gasteiger partial charge >= 0.3 is 0 Å². The maximum atomic E-state index is 12.6. The first-order valence-corrected chi connectivity index (χ1v) is 7.29. The molecule has 1 fully saturated rings. The summed E-state index contributed by atoms with van der Waals surface area (Å²) in [7, 11) is 0. The number of rotatable bonds is 2.